The Balaban J connectivity index is 2.10. The number of hydrogen-bond acceptors (Lipinski definition) is 2. The van der Waals surface area contributed by atoms with Gasteiger partial charge in [0.05, 0.1) is 6.42 Å². The van der Waals surface area contributed by atoms with E-state index >= 15 is 0 Å². The highest BCUT2D eigenvalue weighted by molar-refractivity contribution is 5.70. The molecule has 3 nitrogen and oxygen atoms in total. The zero-order valence-corrected chi connectivity index (χ0v) is 12.2. The third-order valence-corrected chi connectivity index (χ3v) is 3.97. The summed E-state index contributed by atoms with van der Waals surface area (Å²) in [7, 11) is 0. The van der Waals surface area contributed by atoms with E-state index in [-0.39, 0.29) is 6.42 Å². The molecule has 0 saturated carbocycles. The van der Waals surface area contributed by atoms with Crippen molar-refractivity contribution < 1.29 is 9.90 Å². The number of carboxylic acid groups (broad SMARTS) is 1. The quantitative estimate of drug-likeness (QED) is 0.856. The van der Waals surface area contributed by atoms with Gasteiger partial charge in [0.25, 0.3) is 0 Å². The summed E-state index contributed by atoms with van der Waals surface area (Å²) in [6.07, 6.45) is 6.79. The minimum Gasteiger partial charge on any atom is -0.481 e. The summed E-state index contributed by atoms with van der Waals surface area (Å²) in [5.41, 5.74) is 2.08. The number of rotatable bonds is 4. The first kappa shape index (κ1) is 14.8. The van der Waals surface area contributed by atoms with Crippen molar-refractivity contribution in [2.75, 3.05) is 0 Å². The van der Waals surface area contributed by atoms with Gasteiger partial charge >= 0.3 is 5.97 Å². The van der Waals surface area contributed by atoms with Gasteiger partial charge in [-0.05, 0) is 37.8 Å². The Morgan fingerprint density at radius 2 is 1.80 bits per heavy atom. The van der Waals surface area contributed by atoms with Crippen molar-refractivity contribution in [2.24, 2.45) is 0 Å². The molecule has 0 spiro atoms. The molecule has 0 aliphatic carbocycles. The lowest BCUT2D eigenvalue weighted by Crippen LogP contribution is -2.38. The second-order valence-corrected chi connectivity index (χ2v) is 5.70. The fourth-order valence-corrected chi connectivity index (χ4v) is 2.83. The van der Waals surface area contributed by atoms with Gasteiger partial charge in [0.2, 0.25) is 0 Å². The van der Waals surface area contributed by atoms with Gasteiger partial charge in [0, 0.05) is 18.6 Å². The summed E-state index contributed by atoms with van der Waals surface area (Å²) in [6.45, 7) is 5.40. The van der Waals surface area contributed by atoms with Crippen LogP contribution in [-0.2, 0) is 17.8 Å². The molecule has 1 aromatic rings. The average molecular weight is 273 g/mol. The van der Waals surface area contributed by atoms with Crippen LogP contribution in [0.3, 0.4) is 0 Å². The van der Waals surface area contributed by atoms with Crippen molar-refractivity contribution in [2.45, 2.75) is 51.7 Å². The molecule has 3 heteroatoms. The lowest BCUT2D eigenvalue weighted by Gasteiger charge is -2.32. The van der Waals surface area contributed by atoms with Crippen LogP contribution in [0.1, 0.15) is 37.8 Å². The van der Waals surface area contributed by atoms with E-state index in [0.717, 1.165) is 24.9 Å². The highest BCUT2D eigenvalue weighted by atomic mass is 16.4. The molecule has 1 aromatic carbocycles. The van der Waals surface area contributed by atoms with E-state index in [1.807, 2.05) is 18.2 Å². The largest absolute Gasteiger partial charge is 0.481 e. The molecule has 0 aromatic heterocycles. The third-order valence-electron chi connectivity index (χ3n) is 3.97. The van der Waals surface area contributed by atoms with Gasteiger partial charge in [-0.25, -0.2) is 0 Å². The Labute approximate surface area is 120 Å². The van der Waals surface area contributed by atoms with Gasteiger partial charge < -0.3 is 5.11 Å². The second kappa shape index (κ2) is 6.71. The Kier molecular flexibility index (Phi) is 4.96. The zero-order valence-electron chi connectivity index (χ0n) is 12.2. The molecule has 0 saturated heterocycles. The molecule has 20 heavy (non-hydrogen) atoms. The summed E-state index contributed by atoms with van der Waals surface area (Å²) < 4.78 is 0. The van der Waals surface area contributed by atoms with Gasteiger partial charge in [-0.15, -0.1) is 0 Å². The smallest absolute Gasteiger partial charge is 0.307 e. The van der Waals surface area contributed by atoms with Gasteiger partial charge in [-0.2, -0.15) is 0 Å². The number of hydrogen-bond donors (Lipinski definition) is 1. The van der Waals surface area contributed by atoms with Crippen LogP contribution >= 0.6 is 0 Å². The van der Waals surface area contributed by atoms with Crippen molar-refractivity contribution in [3.63, 3.8) is 0 Å². The molecule has 1 aliphatic rings. The molecular formula is C17H23NO2. The van der Waals surface area contributed by atoms with Crippen LogP contribution in [0.15, 0.2) is 36.4 Å². The molecule has 0 unspecified atom stereocenters. The third kappa shape index (κ3) is 3.94. The van der Waals surface area contributed by atoms with Crippen LogP contribution in [0.2, 0.25) is 0 Å². The van der Waals surface area contributed by atoms with E-state index in [9.17, 15) is 4.79 Å². The van der Waals surface area contributed by atoms with Crippen LogP contribution in [0, 0.1) is 0 Å². The van der Waals surface area contributed by atoms with Crippen LogP contribution in [-0.4, -0.2) is 28.1 Å². The van der Waals surface area contributed by atoms with E-state index in [2.05, 4.69) is 37.0 Å². The minimum absolute atomic E-state index is 0.0977. The maximum atomic E-state index is 10.8. The molecule has 0 bridgehead atoms. The van der Waals surface area contributed by atoms with Crippen molar-refractivity contribution in [1.29, 1.82) is 0 Å². The Hall–Kier alpha value is -1.61. The summed E-state index contributed by atoms with van der Waals surface area (Å²) in [5.74, 6) is -0.775. The van der Waals surface area contributed by atoms with Crippen LogP contribution in [0.5, 0.6) is 0 Å². The molecule has 2 atom stereocenters. The maximum absolute atomic E-state index is 10.8. The second-order valence-electron chi connectivity index (χ2n) is 5.70. The molecule has 1 N–H and O–H groups in total. The molecule has 1 aliphatic heterocycles. The molecule has 0 fully saturated rings. The molecule has 0 radical (unpaired) electrons. The molecular weight excluding hydrogens is 250 g/mol. The Bertz CT molecular complexity index is 482. The highest BCUT2D eigenvalue weighted by Gasteiger charge is 2.20. The lowest BCUT2D eigenvalue weighted by molar-refractivity contribution is -0.136. The molecule has 0 amide bonds. The molecule has 108 valence electrons. The fourth-order valence-electron chi connectivity index (χ4n) is 2.83. The summed E-state index contributed by atoms with van der Waals surface area (Å²) >= 11 is 0. The predicted octanol–water partition coefficient (Wildman–Crippen LogP) is 3.24. The standard InChI is InChI=1S/C17H23NO2/c1-13-6-3-4-7-14(2)18(13)12-16-9-5-8-15(10-16)11-17(19)20/h3-5,8-10,13-14H,6-7,11-12H2,1-2H3,(H,19,20)/t13-,14+. The van der Waals surface area contributed by atoms with E-state index in [0.29, 0.717) is 12.1 Å². The van der Waals surface area contributed by atoms with Crippen LogP contribution < -0.4 is 0 Å². The Morgan fingerprint density at radius 1 is 1.20 bits per heavy atom. The highest BCUT2D eigenvalue weighted by Crippen LogP contribution is 2.20. The summed E-state index contributed by atoms with van der Waals surface area (Å²) in [5, 5.41) is 8.88. The monoisotopic (exact) mass is 273 g/mol. The van der Waals surface area contributed by atoms with Gasteiger partial charge in [-0.3, -0.25) is 9.69 Å². The van der Waals surface area contributed by atoms with E-state index < -0.39 is 5.97 Å². The van der Waals surface area contributed by atoms with Crippen molar-refractivity contribution >= 4 is 5.97 Å². The van der Waals surface area contributed by atoms with Gasteiger partial charge in [0.15, 0.2) is 0 Å². The van der Waals surface area contributed by atoms with Gasteiger partial charge in [-0.1, -0.05) is 36.4 Å². The number of benzene rings is 1. The van der Waals surface area contributed by atoms with Gasteiger partial charge in [0.1, 0.15) is 0 Å². The SMILES string of the molecule is C[C@@H]1CC=CC[C@H](C)N1Cc1cccc(CC(=O)O)c1. The normalized spacial score (nSPS) is 23.5. The van der Waals surface area contributed by atoms with E-state index in [4.69, 9.17) is 5.11 Å². The van der Waals surface area contributed by atoms with Crippen molar-refractivity contribution in [3.8, 4) is 0 Å². The van der Waals surface area contributed by atoms with Crippen LogP contribution in [0.4, 0.5) is 0 Å². The minimum atomic E-state index is -0.775. The van der Waals surface area contributed by atoms with Crippen molar-refractivity contribution in [3.05, 3.63) is 47.5 Å². The van der Waals surface area contributed by atoms with Crippen molar-refractivity contribution in [1.82, 2.24) is 4.90 Å². The van der Waals surface area contributed by atoms with Crippen LogP contribution in [0.25, 0.3) is 0 Å². The number of carbonyl (C=O) groups is 1. The number of nitrogens with zero attached hydrogens (tertiary/aromatic N) is 1. The fraction of sp³-hybridized carbons (Fsp3) is 0.471. The lowest BCUT2D eigenvalue weighted by atomic mass is 10.1. The molecule has 1 heterocycles. The zero-order chi connectivity index (χ0) is 14.5. The van der Waals surface area contributed by atoms with E-state index in [1.54, 1.807) is 0 Å². The summed E-state index contributed by atoms with van der Waals surface area (Å²) in [4.78, 5) is 13.3. The molecule has 2 rings (SSSR count). The Morgan fingerprint density at radius 3 is 2.40 bits per heavy atom. The van der Waals surface area contributed by atoms with E-state index in [1.165, 1.54) is 5.56 Å². The first-order valence-electron chi connectivity index (χ1n) is 7.26. The number of carboxylic acids is 1. The first-order valence-corrected chi connectivity index (χ1v) is 7.26. The number of aliphatic carboxylic acids is 1. The first-order chi connectivity index (χ1) is 9.56. The predicted molar refractivity (Wildman–Crippen MR) is 80.6 cm³/mol. The average Bonchev–Trinajstić information content (AvgIpc) is 2.54. The topological polar surface area (TPSA) is 40.5 Å². The maximum Gasteiger partial charge on any atom is 0.307 e. The summed E-state index contributed by atoms with van der Waals surface area (Å²) in [6, 6.07) is 8.99.